The van der Waals surface area contributed by atoms with Gasteiger partial charge in [-0.3, -0.25) is 0 Å². The maximum Gasteiger partial charge on any atom is 0.170 e. The third-order valence-corrected chi connectivity index (χ3v) is 4.06. The van der Waals surface area contributed by atoms with E-state index in [2.05, 4.69) is 19.0 Å². The van der Waals surface area contributed by atoms with Crippen LogP contribution in [-0.2, 0) is 0 Å². The summed E-state index contributed by atoms with van der Waals surface area (Å²) in [5.41, 5.74) is 6.11. The lowest BCUT2D eigenvalue weighted by Gasteiger charge is -2.31. The van der Waals surface area contributed by atoms with Crippen LogP contribution in [0.4, 0.5) is 0 Å². The smallest absolute Gasteiger partial charge is 0.170 e. The maximum absolute atomic E-state index is 8.66. The van der Waals surface area contributed by atoms with Gasteiger partial charge in [-0.15, -0.1) is 0 Å². The van der Waals surface area contributed by atoms with E-state index in [1.807, 2.05) is 0 Å². The van der Waals surface area contributed by atoms with Gasteiger partial charge >= 0.3 is 0 Å². The molecule has 1 aromatic carbocycles. The highest BCUT2D eigenvalue weighted by Crippen LogP contribution is 2.34. The molecular formula is C15H21ClN2O2. The van der Waals surface area contributed by atoms with Crippen molar-refractivity contribution in [3.05, 3.63) is 28.8 Å². The Balaban J connectivity index is 2.10. The lowest BCUT2D eigenvalue weighted by molar-refractivity contribution is 0.101. The van der Waals surface area contributed by atoms with Crippen LogP contribution in [0.15, 0.2) is 23.4 Å². The molecule has 0 saturated heterocycles. The molecule has 110 valence electrons. The summed E-state index contributed by atoms with van der Waals surface area (Å²) in [7, 11) is 0. The number of halogens is 1. The Morgan fingerprint density at radius 2 is 1.95 bits per heavy atom. The van der Waals surface area contributed by atoms with Gasteiger partial charge in [0, 0.05) is 5.56 Å². The van der Waals surface area contributed by atoms with Crippen molar-refractivity contribution >= 4 is 17.4 Å². The zero-order valence-corrected chi connectivity index (χ0v) is 12.6. The number of hydrogen-bond acceptors (Lipinski definition) is 3. The van der Waals surface area contributed by atoms with Crippen LogP contribution in [0.5, 0.6) is 5.75 Å². The summed E-state index contributed by atoms with van der Waals surface area (Å²) in [6.45, 7) is 4.52. The van der Waals surface area contributed by atoms with Crippen LogP contribution in [0.25, 0.3) is 0 Å². The summed E-state index contributed by atoms with van der Waals surface area (Å²) >= 11 is 6.21. The second-order valence-electron chi connectivity index (χ2n) is 5.79. The molecular weight excluding hydrogens is 276 g/mol. The Morgan fingerprint density at radius 3 is 2.50 bits per heavy atom. The van der Waals surface area contributed by atoms with Gasteiger partial charge in [0.05, 0.1) is 11.1 Å². The van der Waals surface area contributed by atoms with Crippen molar-refractivity contribution in [2.24, 2.45) is 22.7 Å². The second kappa shape index (κ2) is 6.35. The number of ether oxygens (including phenoxy) is 1. The lowest BCUT2D eigenvalue weighted by Crippen LogP contribution is -2.28. The Morgan fingerprint density at radius 1 is 1.30 bits per heavy atom. The second-order valence-corrected chi connectivity index (χ2v) is 6.19. The fourth-order valence-electron chi connectivity index (χ4n) is 2.96. The number of hydrogen-bond donors (Lipinski definition) is 2. The van der Waals surface area contributed by atoms with Gasteiger partial charge in [-0.25, -0.2) is 0 Å². The molecule has 5 heteroatoms. The zero-order valence-electron chi connectivity index (χ0n) is 11.8. The van der Waals surface area contributed by atoms with Gasteiger partial charge in [0.25, 0.3) is 0 Å². The molecule has 0 heterocycles. The quantitative estimate of drug-likeness (QED) is 0.387. The predicted octanol–water partition coefficient (Wildman–Crippen LogP) is 3.64. The molecule has 1 aliphatic carbocycles. The Kier molecular flexibility index (Phi) is 4.76. The van der Waals surface area contributed by atoms with E-state index in [-0.39, 0.29) is 11.9 Å². The molecule has 0 radical (unpaired) electrons. The maximum atomic E-state index is 8.66. The van der Waals surface area contributed by atoms with Crippen LogP contribution >= 0.6 is 11.6 Å². The van der Waals surface area contributed by atoms with Crippen molar-refractivity contribution in [2.75, 3.05) is 0 Å². The molecule has 4 nitrogen and oxygen atoms in total. The third-order valence-electron chi connectivity index (χ3n) is 3.76. The lowest BCUT2D eigenvalue weighted by atomic mass is 9.82. The van der Waals surface area contributed by atoms with Crippen molar-refractivity contribution in [3.63, 3.8) is 0 Å². The molecule has 2 atom stereocenters. The minimum absolute atomic E-state index is 0.0401. The van der Waals surface area contributed by atoms with Crippen LogP contribution < -0.4 is 10.5 Å². The van der Waals surface area contributed by atoms with Crippen molar-refractivity contribution in [1.82, 2.24) is 0 Å². The van der Waals surface area contributed by atoms with E-state index in [1.165, 1.54) is 6.42 Å². The summed E-state index contributed by atoms with van der Waals surface area (Å²) in [6.07, 6.45) is 3.59. The van der Waals surface area contributed by atoms with Crippen molar-refractivity contribution in [2.45, 2.75) is 39.2 Å². The summed E-state index contributed by atoms with van der Waals surface area (Å²) < 4.78 is 6.02. The number of benzene rings is 1. The number of nitrogens with zero attached hydrogens (tertiary/aromatic N) is 1. The first-order chi connectivity index (χ1) is 9.49. The molecule has 0 amide bonds. The predicted molar refractivity (Wildman–Crippen MR) is 80.6 cm³/mol. The van der Waals surface area contributed by atoms with Gasteiger partial charge in [-0.1, -0.05) is 30.6 Å². The van der Waals surface area contributed by atoms with Gasteiger partial charge in [0.1, 0.15) is 5.75 Å². The van der Waals surface area contributed by atoms with E-state index in [0.717, 1.165) is 12.8 Å². The Labute approximate surface area is 124 Å². The fraction of sp³-hybridized carbons (Fsp3) is 0.533. The first kappa shape index (κ1) is 15.0. The summed E-state index contributed by atoms with van der Waals surface area (Å²) in [4.78, 5) is 0. The van der Waals surface area contributed by atoms with E-state index >= 15 is 0 Å². The topological polar surface area (TPSA) is 67.8 Å². The fourth-order valence-corrected chi connectivity index (χ4v) is 3.19. The molecule has 0 bridgehead atoms. The van der Waals surface area contributed by atoms with E-state index in [1.54, 1.807) is 18.2 Å². The van der Waals surface area contributed by atoms with E-state index in [9.17, 15) is 0 Å². The summed E-state index contributed by atoms with van der Waals surface area (Å²) in [5, 5.41) is 12.1. The highest BCUT2D eigenvalue weighted by Gasteiger charge is 2.25. The number of amidine groups is 1. The highest BCUT2D eigenvalue weighted by molar-refractivity contribution is 6.32. The molecule has 1 fully saturated rings. The van der Waals surface area contributed by atoms with Gasteiger partial charge in [-0.2, -0.15) is 0 Å². The average molecular weight is 297 g/mol. The Bertz CT molecular complexity index is 495. The first-order valence-corrected chi connectivity index (χ1v) is 7.31. The Hall–Kier alpha value is -1.42. The largest absolute Gasteiger partial charge is 0.489 e. The van der Waals surface area contributed by atoms with Crippen molar-refractivity contribution in [3.8, 4) is 5.75 Å². The molecule has 0 spiro atoms. The normalized spacial score (nSPS) is 27.4. The molecule has 20 heavy (non-hydrogen) atoms. The van der Waals surface area contributed by atoms with Crippen LogP contribution in [-0.4, -0.2) is 17.1 Å². The average Bonchev–Trinajstić information content (AvgIpc) is 2.39. The van der Waals surface area contributed by atoms with E-state index in [4.69, 9.17) is 27.3 Å². The standard InChI is InChI=1S/C15H21ClN2O2/c1-9-5-10(2)7-12(6-9)20-14-4-3-11(8-13(14)16)15(17)18-19/h3-4,8-10,12,19H,5-7H2,1-2H3,(H2,17,18). The SMILES string of the molecule is CC1CC(C)CC(Oc2ccc(C(N)=NO)cc2Cl)C1. The van der Waals surface area contributed by atoms with Crippen LogP contribution in [0.3, 0.4) is 0 Å². The molecule has 2 rings (SSSR count). The molecule has 2 unspecified atom stereocenters. The van der Waals surface area contributed by atoms with Crippen LogP contribution in [0, 0.1) is 11.8 Å². The van der Waals surface area contributed by atoms with Crippen molar-refractivity contribution < 1.29 is 9.94 Å². The molecule has 1 aromatic rings. The molecule has 3 N–H and O–H groups in total. The molecule has 0 aliphatic heterocycles. The minimum Gasteiger partial charge on any atom is -0.489 e. The number of rotatable bonds is 3. The summed E-state index contributed by atoms with van der Waals surface area (Å²) in [5.74, 6) is 2.06. The van der Waals surface area contributed by atoms with Gasteiger partial charge in [0.2, 0.25) is 0 Å². The molecule has 1 saturated carbocycles. The molecule has 1 aliphatic rings. The monoisotopic (exact) mass is 296 g/mol. The molecule has 0 aromatic heterocycles. The minimum atomic E-state index is 0.0401. The van der Waals surface area contributed by atoms with Gasteiger partial charge < -0.3 is 15.7 Å². The number of nitrogens with two attached hydrogens (primary N) is 1. The van der Waals surface area contributed by atoms with Gasteiger partial charge in [-0.05, 0) is 49.3 Å². The van der Waals surface area contributed by atoms with Gasteiger partial charge in [0.15, 0.2) is 5.84 Å². The van der Waals surface area contributed by atoms with Crippen LogP contribution in [0.2, 0.25) is 5.02 Å². The highest BCUT2D eigenvalue weighted by atomic mass is 35.5. The van der Waals surface area contributed by atoms with E-state index in [0.29, 0.717) is 28.2 Å². The van der Waals surface area contributed by atoms with E-state index < -0.39 is 0 Å². The van der Waals surface area contributed by atoms with Crippen LogP contribution in [0.1, 0.15) is 38.7 Å². The zero-order chi connectivity index (χ0) is 14.7. The number of oxime groups is 1. The van der Waals surface area contributed by atoms with Crippen molar-refractivity contribution in [1.29, 1.82) is 0 Å². The third kappa shape index (κ3) is 3.57. The summed E-state index contributed by atoms with van der Waals surface area (Å²) in [6, 6.07) is 5.17. The first-order valence-electron chi connectivity index (χ1n) is 6.93.